The molecule has 0 aliphatic rings. The molecule has 0 bridgehead atoms. The number of thiazole rings is 1. The van der Waals surface area contributed by atoms with Crippen molar-refractivity contribution in [3.05, 3.63) is 100 Å². The van der Waals surface area contributed by atoms with Gasteiger partial charge in [-0.2, -0.15) is 0 Å². The Morgan fingerprint density at radius 2 is 1.61 bits per heavy atom. The lowest BCUT2D eigenvalue weighted by atomic mass is 10.1. The molecule has 2 heterocycles. The molecule has 0 aliphatic heterocycles. The lowest BCUT2D eigenvalue weighted by molar-refractivity contribution is 0.627. The molecule has 0 amide bonds. The Hall–Kier alpha value is -3.12. The fourth-order valence-corrected chi connectivity index (χ4v) is 3.84. The number of hydrogen-bond donors (Lipinski definition) is 0. The lowest BCUT2D eigenvalue weighted by Crippen LogP contribution is -2.17. The number of rotatable bonds is 5. The van der Waals surface area contributed by atoms with Crippen molar-refractivity contribution in [3.8, 4) is 11.3 Å². The lowest BCUT2D eigenvalue weighted by Gasteiger charge is -2.09. The summed E-state index contributed by atoms with van der Waals surface area (Å²) in [5, 5.41) is 2.01. The Morgan fingerprint density at radius 3 is 2.29 bits per heavy atom. The van der Waals surface area contributed by atoms with Gasteiger partial charge in [-0.1, -0.05) is 6.07 Å². The Labute approximate surface area is 165 Å². The van der Waals surface area contributed by atoms with Gasteiger partial charge in [0.2, 0.25) is 0 Å². The quantitative estimate of drug-likeness (QED) is 0.449. The Bertz CT molecular complexity index is 1120. The van der Waals surface area contributed by atoms with E-state index in [1.165, 1.54) is 35.6 Å². The van der Waals surface area contributed by atoms with Crippen LogP contribution in [0.4, 0.5) is 14.5 Å². The Kier molecular flexibility index (Phi) is 5.39. The molecule has 0 aliphatic carbocycles. The third kappa shape index (κ3) is 4.23. The van der Waals surface area contributed by atoms with E-state index in [4.69, 9.17) is 0 Å². The zero-order chi connectivity index (χ0) is 19.3. The first-order valence-corrected chi connectivity index (χ1v) is 9.71. The Balaban J connectivity index is 1.75. The van der Waals surface area contributed by atoms with Crippen LogP contribution in [0.25, 0.3) is 11.3 Å². The van der Waals surface area contributed by atoms with E-state index in [1.807, 2.05) is 23.6 Å². The summed E-state index contributed by atoms with van der Waals surface area (Å²) in [4.78, 5) is 9.86. The summed E-state index contributed by atoms with van der Waals surface area (Å²) in [5.41, 5.74) is 3.54. The molecule has 0 N–H and O–H groups in total. The highest BCUT2D eigenvalue weighted by molar-refractivity contribution is 7.07. The summed E-state index contributed by atoms with van der Waals surface area (Å²) < 4.78 is 28.6. The van der Waals surface area contributed by atoms with Crippen LogP contribution < -0.4 is 4.80 Å². The molecule has 4 rings (SSSR count). The van der Waals surface area contributed by atoms with Crippen LogP contribution in [0.15, 0.2) is 83.3 Å². The zero-order valence-electron chi connectivity index (χ0n) is 14.9. The van der Waals surface area contributed by atoms with Gasteiger partial charge < -0.3 is 4.57 Å². The van der Waals surface area contributed by atoms with Crippen LogP contribution in [0, 0.1) is 11.6 Å². The SMILES string of the molecule is Fc1ccc(N=c2scc(-c3ccc(F)cc3)n2CCc2ccccn2)cc1. The fraction of sp³-hybridized carbons (Fsp3) is 0.0909. The molecule has 0 radical (unpaired) electrons. The largest absolute Gasteiger partial charge is 0.316 e. The second-order valence-electron chi connectivity index (χ2n) is 6.22. The maximum Gasteiger partial charge on any atom is 0.190 e. The predicted molar refractivity (Wildman–Crippen MR) is 107 cm³/mol. The van der Waals surface area contributed by atoms with Crippen molar-refractivity contribution in [1.29, 1.82) is 0 Å². The molecule has 2 aromatic carbocycles. The molecule has 0 unspecified atom stereocenters. The molecule has 0 saturated carbocycles. The molecule has 6 heteroatoms. The highest BCUT2D eigenvalue weighted by Gasteiger charge is 2.09. The average Bonchev–Trinajstić information content (AvgIpc) is 3.12. The highest BCUT2D eigenvalue weighted by atomic mass is 32.1. The van der Waals surface area contributed by atoms with E-state index in [0.717, 1.165) is 28.2 Å². The maximum absolute atomic E-state index is 13.3. The van der Waals surface area contributed by atoms with E-state index in [1.54, 1.807) is 30.5 Å². The van der Waals surface area contributed by atoms with Crippen molar-refractivity contribution in [2.45, 2.75) is 13.0 Å². The van der Waals surface area contributed by atoms with Gasteiger partial charge in [0.25, 0.3) is 0 Å². The van der Waals surface area contributed by atoms with Gasteiger partial charge in [0.05, 0.1) is 11.4 Å². The number of aryl methyl sites for hydroxylation is 1. The van der Waals surface area contributed by atoms with Gasteiger partial charge in [0.1, 0.15) is 11.6 Å². The van der Waals surface area contributed by atoms with Crippen molar-refractivity contribution < 1.29 is 8.78 Å². The minimum Gasteiger partial charge on any atom is -0.316 e. The molecule has 140 valence electrons. The summed E-state index contributed by atoms with van der Waals surface area (Å²) >= 11 is 1.50. The second-order valence-corrected chi connectivity index (χ2v) is 7.06. The van der Waals surface area contributed by atoms with Crippen LogP contribution >= 0.6 is 11.3 Å². The van der Waals surface area contributed by atoms with E-state index in [2.05, 4.69) is 14.5 Å². The van der Waals surface area contributed by atoms with Gasteiger partial charge >= 0.3 is 0 Å². The second kappa shape index (κ2) is 8.27. The van der Waals surface area contributed by atoms with E-state index >= 15 is 0 Å². The van der Waals surface area contributed by atoms with E-state index in [-0.39, 0.29) is 11.6 Å². The molecule has 2 aromatic heterocycles. The highest BCUT2D eigenvalue weighted by Crippen LogP contribution is 2.22. The van der Waals surface area contributed by atoms with Gasteiger partial charge in [-0.15, -0.1) is 11.3 Å². The molecular formula is C22H17F2N3S. The van der Waals surface area contributed by atoms with E-state index < -0.39 is 0 Å². The van der Waals surface area contributed by atoms with E-state index in [0.29, 0.717) is 12.2 Å². The normalized spacial score (nSPS) is 11.7. The predicted octanol–water partition coefficient (Wildman–Crippen LogP) is 5.36. The third-order valence-corrected chi connectivity index (χ3v) is 5.17. The molecule has 0 atom stereocenters. The maximum atomic E-state index is 13.3. The molecule has 0 fully saturated rings. The number of hydrogen-bond acceptors (Lipinski definition) is 3. The van der Waals surface area contributed by atoms with Gasteiger partial charge in [0.15, 0.2) is 4.80 Å². The third-order valence-electron chi connectivity index (χ3n) is 4.31. The first-order valence-electron chi connectivity index (χ1n) is 8.83. The van der Waals surface area contributed by atoms with Crippen LogP contribution in [0.2, 0.25) is 0 Å². The summed E-state index contributed by atoms with van der Waals surface area (Å²) in [6, 6.07) is 18.3. The average molecular weight is 393 g/mol. The van der Waals surface area contributed by atoms with Crippen molar-refractivity contribution in [1.82, 2.24) is 9.55 Å². The van der Waals surface area contributed by atoms with Crippen LogP contribution in [-0.4, -0.2) is 9.55 Å². The fourth-order valence-electron chi connectivity index (χ4n) is 2.88. The minimum atomic E-state index is -0.292. The minimum absolute atomic E-state index is 0.268. The van der Waals surface area contributed by atoms with Crippen molar-refractivity contribution >= 4 is 17.0 Å². The van der Waals surface area contributed by atoms with Crippen molar-refractivity contribution in [2.75, 3.05) is 0 Å². The van der Waals surface area contributed by atoms with Gasteiger partial charge in [0, 0.05) is 30.2 Å². The summed E-state index contributed by atoms with van der Waals surface area (Å²) in [5.74, 6) is -0.560. The topological polar surface area (TPSA) is 30.2 Å². The monoisotopic (exact) mass is 393 g/mol. The Morgan fingerprint density at radius 1 is 0.893 bits per heavy atom. The van der Waals surface area contributed by atoms with E-state index in [9.17, 15) is 8.78 Å². The van der Waals surface area contributed by atoms with Crippen molar-refractivity contribution in [3.63, 3.8) is 0 Å². The molecule has 4 aromatic rings. The molecule has 3 nitrogen and oxygen atoms in total. The van der Waals surface area contributed by atoms with Gasteiger partial charge in [-0.25, -0.2) is 13.8 Å². The molecular weight excluding hydrogens is 376 g/mol. The number of pyridine rings is 1. The number of halogens is 2. The number of nitrogens with zero attached hydrogens (tertiary/aromatic N) is 3. The van der Waals surface area contributed by atoms with Crippen LogP contribution in [0.3, 0.4) is 0 Å². The summed E-state index contributed by atoms with van der Waals surface area (Å²) in [6.45, 7) is 0.674. The molecule has 0 spiro atoms. The van der Waals surface area contributed by atoms with Gasteiger partial charge in [-0.05, 0) is 66.2 Å². The standard InChI is InChI=1S/C22H17F2N3S/c23-17-6-4-16(5-7-17)21-15-28-22(26-20-10-8-18(24)9-11-20)27(21)14-12-19-3-1-2-13-25-19/h1-11,13,15H,12,14H2. The summed E-state index contributed by atoms with van der Waals surface area (Å²) in [6.07, 6.45) is 2.51. The number of aromatic nitrogens is 2. The zero-order valence-corrected chi connectivity index (χ0v) is 15.7. The van der Waals surface area contributed by atoms with Gasteiger partial charge in [-0.3, -0.25) is 4.98 Å². The summed E-state index contributed by atoms with van der Waals surface area (Å²) in [7, 11) is 0. The van der Waals surface area contributed by atoms with Crippen LogP contribution in [0.5, 0.6) is 0 Å². The first-order chi connectivity index (χ1) is 13.7. The van der Waals surface area contributed by atoms with Crippen LogP contribution in [0.1, 0.15) is 5.69 Å². The first kappa shape index (κ1) is 18.3. The number of benzene rings is 2. The van der Waals surface area contributed by atoms with Crippen LogP contribution in [-0.2, 0) is 13.0 Å². The van der Waals surface area contributed by atoms with Crippen molar-refractivity contribution in [2.24, 2.45) is 4.99 Å². The molecule has 28 heavy (non-hydrogen) atoms. The smallest absolute Gasteiger partial charge is 0.190 e. The molecule has 0 saturated heterocycles.